The molecule has 0 spiro atoms. The summed E-state index contributed by atoms with van der Waals surface area (Å²) in [5.41, 5.74) is -1.11. The van der Waals surface area contributed by atoms with Crippen molar-refractivity contribution in [2.45, 2.75) is 30.5 Å². The van der Waals surface area contributed by atoms with E-state index in [4.69, 9.17) is 23.7 Å². The molecule has 15 heteroatoms. The molecule has 246 valence electrons. The predicted octanol–water partition coefficient (Wildman–Crippen LogP) is 1.25. The molecule has 1 aliphatic heterocycles. The number of ether oxygens (including phenoxy) is 5. The Morgan fingerprint density at radius 3 is 2.11 bits per heavy atom. The summed E-state index contributed by atoms with van der Waals surface area (Å²) in [5, 5.41) is 83.7. The number of phenolic OH excluding ortho intramolecular Hbond substituents is 5. The van der Waals surface area contributed by atoms with Crippen molar-refractivity contribution in [1.29, 1.82) is 0 Å². The number of carbonyl (C=O) groups excluding carboxylic acids is 2. The molecular formula is C31H32O15. The number of esters is 1. The van der Waals surface area contributed by atoms with Crippen molar-refractivity contribution >= 4 is 17.8 Å². The van der Waals surface area contributed by atoms with Crippen LogP contribution in [0.25, 0.3) is 6.08 Å². The molecule has 46 heavy (non-hydrogen) atoms. The van der Waals surface area contributed by atoms with Crippen LogP contribution in [-0.4, -0.2) is 105 Å². The smallest absolute Gasteiger partial charge is 0.331 e. The molecule has 0 bridgehead atoms. The van der Waals surface area contributed by atoms with Gasteiger partial charge in [-0.25, -0.2) is 4.79 Å². The molecule has 1 saturated heterocycles. The van der Waals surface area contributed by atoms with Crippen LogP contribution >= 0.6 is 0 Å². The van der Waals surface area contributed by atoms with E-state index in [1.165, 1.54) is 51.7 Å². The maximum atomic E-state index is 13.4. The zero-order chi connectivity index (χ0) is 33.9. The molecule has 0 aliphatic carbocycles. The Morgan fingerprint density at radius 2 is 1.48 bits per heavy atom. The number of phenols is 5. The topological polar surface area (TPSA) is 242 Å². The number of methoxy groups -OCH3 is 3. The summed E-state index contributed by atoms with van der Waals surface area (Å²) in [5.74, 6) is -5.26. The monoisotopic (exact) mass is 644 g/mol. The molecule has 15 nitrogen and oxygen atoms in total. The highest BCUT2D eigenvalue weighted by atomic mass is 16.6. The number of benzene rings is 3. The fourth-order valence-electron chi connectivity index (χ4n) is 4.96. The van der Waals surface area contributed by atoms with Gasteiger partial charge in [-0.2, -0.15) is 0 Å². The minimum absolute atomic E-state index is 0.0562. The second-order valence-electron chi connectivity index (χ2n) is 10.0. The van der Waals surface area contributed by atoms with Crippen LogP contribution in [0.2, 0.25) is 0 Å². The summed E-state index contributed by atoms with van der Waals surface area (Å²) in [6.07, 6.45) is -6.84. The van der Waals surface area contributed by atoms with Gasteiger partial charge in [-0.05, 0) is 42.0 Å². The fraction of sp³-hybridized carbons (Fsp3) is 0.290. The molecule has 0 aromatic heterocycles. The van der Waals surface area contributed by atoms with Gasteiger partial charge in [0.1, 0.15) is 47.2 Å². The molecule has 1 heterocycles. The highest BCUT2D eigenvalue weighted by Gasteiger charge is 2.49. The van der Waals surface area contributed by atoms with Crippen LogP contribution in [-0.2, 0) is 14.3 Å². The van der Waals surface area contributed by atoms with Gasteiger partial charge in [0.15, 0.2) is 29.1 Å². The fourth-order valence-corrected chi connectivity index (χ4v) is 4.96. The zero-order valence-electron chi connectivity index (χ0n) is 24.6. The zero-order valence-corrected chi connectivity index (χ0v) is 24.6. The summed E-state index contributed by atoms with van der Waals surface area (Å²) < 4.78 is 26.2. The van der Waals surface area contributed by atoms with E-state index in [2.05, 4.69) is 0 Å². The first kappa shape index (κ1) is 33.7. The lowest BCUT2D eigenvalue weighted by Crippen LogP contribution is -2.56. The third-order valence-electron chi connectivity index (χ3n) is 7.28. The van der Waals surface area contributed by atoms with Gasteiger partial charge in [-0.3, -0.25) is 4.79 Å². The summed E-state index contributed by atoms with van der Waals surface area (Å²) in [7, 11) is 3.98. The Morgan fingerprint density at radius 1 is 0.804 bits per heavy atom. The molecule has 8 N–H and O–H groups in total. The van der Waals surface area contributed by atoms with Crippen molar-refractivity contribution in [3.63, 3.8) is 0 Å². The van der Waals surface area contributed by atoms with Gasteiger partial charge in [0.05, 0.1) is 33.5 Å². The molecule has 0 radical (unpaired) electrons. The SMILES string of the molecule is COc1ccc(C(=O)c2c(O)cc(O)c(C3OC(CO)C(OC(=O)C=Cc4cc(O)c(O)c(OC)c4)C(O)C3O)c2O)cc1OC. The maximum absolute atomic E-state index is 13.4. The predicted molar refractivity (Wildman–Crippen MR) is 156 cm³/mol. The lowest BCUT2D eigenvalue weighted by atomic mass is 9.88. The van der Waals surface area contributed by atoms with E-state index in [1.54, 1.807) is 0 Å². The first-order chi connectivity index (χ1) is 21.9. The number of aliphatic hydroxyl groups is 3. The summed E-state index contributed by atoms with van der Waals surface area (Å²) in [4.78, 5) is 26.0. The summed E-state index contributed by atoms with van der Waals surface area (Å²) in [6.45, 7) is -0.873. The number of aromatic hydroxyl groups is 5. The van der Waals surface area contributed by atoms with E-state index < -0.39 is 88.8 Å². The van der Waals surface area contributed by atoms with E-state index in [1.807, 2.05) is 0 Å². The van der Waals surface area contributed by atoms with Gasteiger partial charge < -0.3 is 64.5 Å². The van der Waals surface area contributed by atoms with Crippen LogP contribution in [0.15, 0.2) is 42.5 Å². The Kier molecular flexibility index (Phi) is 10.1. The van der Waals surface area contributed by atoms with Crippen molar-refractivity contribution in [2.75, 3.05) is 27.9 Å². The van der Waals surface area contributed by atoms with Crippen LogP contribution in [0.1, 0.15) is 33.2 Å². The van der Waals surface area contributed by atoms with Crippen LogP contribution in [0.5, 0.6) is 46.0 Å². The number of hydrogen-bond acceptors (Lipinski definition) is 15. The molecule has 1 fully saturated rings. The van der Waals surface area contributed by atoms with E-state index in [0.717, 1.165) is 18.2 Å². The average molecular weight is 645 g/mol. The summed E-state index contributed by atoms with van der Waals surface area (Å²) >= 11 is 0. The molecule has 0 amide bonds. The number of hydrogen-bond donors (Lipinski definition) is 8. The molecular weight excluding hydrogens is 612 g/mol. The third-order valence-corrected chi connectivity index (χ3v) is 7.28. The van der Waals surface area contributed by atoms with Crippen molar-refractivity contribution in [2.24, 2.45) is 0 Å². The van der Waals surface area contributed by atoms with Gasteiger partial charge >= 0.3 is 5.97 Å². The van der Waals surface area contributed by atoms with Gasteiger partial charge in [0.2, 0.25) is 11.5 Å². The second kappa shape index (κ2) is 13.8. The highest BCUT2D eigenvalue weighted by molar-refractivity contribution is 6.13. The summed E-state index contributed by atoms with van der Waals surface area (Å²) in [6, 6.07) is 7.21. The Labute approximate surface area is 261 Å². The standard InChI is InChI=1S/C31H32O15/c1-42-18-6-5-14(10-19(18)43-2)25(37)23-15(33)11-16(34)24(27(23)39)31-29(41)28(40)30(21(12-32)45-31)46-22(36)7-4-13-8-17(35)26(38)20(9-13)44-3/h4-11,21,28-35,38-41H,12H2,1-3H3. The van der Waals surface area contributed by atoms with Crippen molar-refractivity contribution in [1.82, 2.24) is 0 Å². The lowest BCUT2D eigenvalue weighted by Gasteiger charge is -2.42. The molecule has 3 aromatic carbocycles. The quantitative estimate of drug-likeness (QED) is 0.0670. The lowest BCUT2D eigenvalue weighted by molar-refractivity contribution is -0.240. The maximum Gasteiger partial charge on any atom is 0.331 e. The van der Waals surface area contributed by atoms with Gasteiger partial charge in [0.25, 0.3) is 0 Å². The van der Waals surface area contributed by atoms with Crippen LogP contribution in [0.4, 0.5) is 0 Å². The van der Waals surface area contributed by atoms with Crippen molar-refractivity contribution in [3.05, 3.63) is 64.7 Å². The Balaban J connectivity index is 1.61. The normalized spacial score (nSPS) is 21.1. The minimum Gasteiger partial charge on any atom is -0.507 e. The number of ketones is 1. The molecule has 1 aliphatic rings. The van der Waals surface area contributed by atoms with Crippen LogP contribution in [0, 0.1) is 0 Å². The number of aliphatic hydroxyl groups excluding tert-OH is 3. The molecule has 0 saturated carbocycles. The van der Waals surface area contributed by atoms with Gasteiger partial charge in [0, 0.05) is 17.7 Å². The van der Waals surface area contributed by atoms with Crippen LogP contribution in [0.3, 0.4) is 0 Å². The first-order valence-corrected chi connectivity index (χ1v) is 13.5. The number of carbonyl (C=O) groups is 2. The molecule has 3 aromatic rings. The Bertz CT molecular complexity index is 1650. The van der Waals surface area contributed by atoms with Gasteiger partial charge in [-0.1, -0.05) is 0 Å². The first-order valence-electron chi connectivity index (χ1n) is 13.5. The molecule has 5 atom stereocenters. The van der Waals surface area contributed by atoms with E-state index in [-0.39, 0.29) is 22.6 Å². The van der Waals surface area contributed by atoms with Crippen LogP contribution < -0.4 is 14.2 Å². The van der Waals surface area contributed by atoms with Gasteiger partial charge in [-0.15, -0.1) is 0 Å². The second-order valence-corrected chi connectivity index (χ2v) is 10.0. The van der Waals surface area contributed by atoms with E-state index in [9.17, 15) is 50.4 Å². The highest BCUT2D eigenvalue weighted by Crippen LogP contribution is 2.47. The minimum atomic E-state index is -2.01. The van der Waals surface area contributed by atoms with Crippen molar-refractivity contribution in [3.8, 4) is 46.0 Å². The molecule has 5 unspecified atom stereocenters. The molecule has 4 rings (SSSR count). The largest absolute Gasteiger partial charge is 0.507 e. The van der Waals surface area contributed by atoms with Crippen molar-refractivity contribution < 1.29 is 74.1 Å². The van der Waals surface area contributed by atoms with E-state index in [0.29, 0.717) is 5.75 Å². The van der Waals surface area contributed by atoms with E-state index >= 15 is 0 Å². The number of rotatable bonds is 10. The third kappa shape index (κ3) is 6.43. The Hall–Kier alpha value is -5.22. The average Bonchev–Trinajstić information content (AvgIpc) is 3.03.